The number of likely N-dealkylation sites (N-methyl/N-ethyl adjacent to an activating group) is 1. The van der Waals surface area contributed by atoms with Crippen molar-refractivity contribution in [2.75, 3.05) is 40.2 Å². The van der Waals surface area contributed by atoms with E-state index in [-0.39, 0.29) is 11.8 Å². The van der Waals surface area contributed by atoms with E-state index < -0.39 is 0 Å². The molecule has 0 aliphatic heterocycles. The number of amides is 1. The summed E-state index contributed by atoms with van der Waals surface area (Å²) in [7, 11) is 7.07. The summed E-state index contributed by atoms with van der Waals surface area (Å²) in [4.78, 5) is 18.6. The number of nitrogens with zero attached hydrogens (tertiary/aromatic N) is 2. The highest BCUT2D eigenvalue weighted by Gasteiger charge is 2.11. The van der Waals surface area contributed by atoms with Gasteiger partial charge in [-0.3, -0.25) is 9.79 Å². The Morgan fingerprint density at radius 2 is 1.84 bits per heavy atom. The highest BCUT2D eigenvalue weighted by Crippen LogP contribution is 2.27. The van der Waals surface area contributed by atoms with Gasteiger partial charge in [-0.2, -0.15) is 0 Å². The number of benzene rings is 2. The lowest BCUT2D eigenvalue weighted by atomic mass is 10.1. The number of ether oxygens (including phenoxy) is 2. The Morgan fingerprint density at radius 3 is 2.50 bits per heavy atom. The molecule has 32 heavy (non-hydrogen) atoms. The minimum atomic E-state index is -0.00470. The van der Waals surface area contributed by atoms with Crippen LogP contribution >= 0.6 is 0 Å². The summed E-state index contributed by atoms with van der Waals surface area (Å²) in [6.07, 6.45) is 1.66. The van der Waals surface area contributed by atoms with Crippen molar-refractivity contribution in [3.8, 4) is 11.5 Å². The SMILES string of the molecule is CCC(C)C(=O)Nc1cccc(CNC(=NC)N(C)CCc2ccc(OC)c(OC)c2)c1. The van der Waals surface area contributed by atoms with Crippen LogP contribution in [0.25, 0.3) is 0 Å². The molecule has 1 atom stereocenters. The van der Waals surface area contributed by atoms with Crippen LogP contribution in [0.1, 0.15) is 31.4 Å². The number of hydrogen-bond acceptors (Lipinski definition) is 4. The van der Waals surface area contributed by atoms with Crippen LogP contribution in [0.5, 0.6) is 11.5 Å². The van der Waals surface area contributed by atoms with Crippen LogP contribution in [0.3, 0.4) is 0 Å². The van der Waals surface area contributed by atoms with Gasteiger partial charge >= 0.3 is 0 Å². The third kappa shape index (κ3) is 7.18. The topological polar surface area (TPSA) is 75.2 Å². The summed E-state index contributed by atoms with van der Waals surface area (Å²) in [5.41, 5.74) is 3.04. The van der Waals surface area contributed by atoms with Gasteiger partial charge in [0.15, 0.2) is 17.5 Å². The molecule has 0 saturated carbocycles. The van der Waals surface area contributed by atoms with E-state index in [2.05, 4.69) is 20.5 Å². The quantitative estimate of drug-likeness (QED) is 0.432. The molecule has 2 N–H and O–H groups in total. The summed E-state index contributed by atoms with van der Waals surface area (Å²) in [5, 5.41) is 6.38. The minimum absolute atomic E-state index is 0.00470. The average Bonchev–Trinajstić information content (AvgIpc) is 2.82. The number of rotatable bonds is 10. The van der Waals surface area contributed by atoms with Crippen molar-refractivity contribution in [3.05, 3.63) is 53.6 Å². The molecule has 0 aliphatic rings. The second-order valence-electron chi connectivity index (χ2n) is 7.76. The molecule has 7 heteroatoms. The number of carbonyl (C=O) groups excluding carboxylic acids is 1. The van der Waals surface area contributed by atoms with Gasteiger partial charge in [0.05, 0.1) is 14.2 Å². The van der Waals surface area contributed by atoms with E-state index in [9.17, 15) is 4.79 Å². The predicted octanol–water partition coefficient (Wildman–Crippen LogP) is 3.94. The smallest absolute Gasteiger partial charge is 0.227 e. The van der Waals surface area contributed by atoms with Crippen LogP contribution in [0.2, 0.25) is 0 Å². The Labute approximate surface area is 191 Å². The molecule has 2 aromatic carbocycles. The van der Waals surface area contributed by atoms with Crippen molar-refractivity contribution in [2.24, 2.45) is 10.9 Å². The van der Waals surface area contributed by atoms with Crippen LogP contribution in [-0.4, -0.2) is 51.6 Å². The van der Waals surface area contributed by atoms with Crippen molar-refractivity contribution in [3.63, 3.8) is 0 Å². The maximum atomic E-state index is 12.2. The molecule has 0 aliphatic carbocycles. The maximum absolute atomic E-state index is 12.2. The Morgan fingerprint density at radius 1 is 1.09 bits per heavy atom. The standard InChI is InChI=1S/C25H36N4O3/c1-7-18(2)24(30)28-21-10-8-9-20(15-21)17-27-25(26-3)29(4)14-13-19-11-12-22(31-5)23(16-19)32-6/h8-12,15-16,18H,7,13-14,17H2,1-6H3,(H,26,27)(H,28,30). The molecule has 174 valence electrons. The van der Waals surface area contributed by atoms with Crippen molar-refractivity contribution < 1.29 is 14.3 Å². The second-order valence-corrected chi connectivity index (χ2v) is 7.76. The molecule has 0 bridgehead atoms. The number of guanidine groups is 1. The predicted molar refractivity (Wildman–Crippen MR) is 131 cm³/mol. The highest BCUT2D eigenvalue weighted by atomic mass is 16.5. The van der Waals surface area contributed by atoms with E-state index in [4.69, 9.17) is 9.47 Å². The molecule has 2 rings (SSSR count). The number of aliphatic imine (C=N–C) groups is 1. The normalized spacial score (nSPS) is 12.1. The van der Waals surface area contributed by atoms with Crippen LogP contribution in [-0.2, 0) is 17.8 Å². The first-order chi connectivity index (χ1) is 15.4. The molecular formula is C25H36N4O3. The lowest BCUT2D eigenvalue weighted by molar-refractivity contribution is -0.119. The zero-order chi connectivity index (χ0) is 23.5. The first kappa shape index (κ1) is 25.0. The number of carbonyl (C=O) groups is 1. The molecule has 1 unspecified atom stereocenters. The summed E-state index contributed by atoms with van der Waals surface area (Å²) in [6.45, 7) is 5.35. The fourth-order valence-electron chi connectivity index (χ4n) is 3.21. The summed E-state index contributed by atoms with van der Waals surface area (Å²) in [6, 6.07) is 13.9. The van der Waals surface area contributed by atoms with Gasteiger partial charge in [0.25, 0.3) is 0 Å². The fourth-order valence-corrected chi connectivity index (χ4v) is 3.21. The lowest BCUT2D eigenvalue weighted by Gasteiger charge is -2.22. The molecule has 2 aromatic rings. The monoisotopic (exact) mass is 440 g/mol. The van der Waals surface area contributed by atoms with Gasteiger partial charge in [-0.25, -0.2) is 0 Å². The van der Waals surface area contributed by atoms with Crippen LogP contribution in [0.15, 0.2) is 47.5 Å². The number of anilines is 1. The molecule has 0 saturated heterocycles. The Kier molecular flexibility index (Phi) is 9.85. The third-order valence-electron chi connectivity index (χ3n) is 5.46. The Hall–Kier alpha value is -3.22. The molecule has 0 radical (unpaired) electrons. The summed E-state index contributed by atoms with van der Waals surface area (Å²) in [5.74, 6) is 2.30. The zero-order valence-electron chi connectivity index (χ0n) is 20.1. The fraction of sp³-hybridized carbons (Fsp3) is 0.440. The third-order valence-corrected chi connectivity index (χ3v) is 5.46. The van der Waals surface area contributed by atoms with Crippen LogP contribution in [0, 0.1) is 5.92 Å². The number of methoxy groups -OCH3 is 2. The maximum Gasteiger partial charge on any atom is 0.227 e. The van der Waals surface area contributed by atoms with Crippen molar-refractivity contribution in [2.45, 2.75) is 33.2 Å². The van der Waals surface area contributed by atoms with E-state index in [1.165, 1.54) is 0 Å². The molecule has 0 heterocycles. The molecule has 0 spiro atoms. The van der Waals surface area contributed by atoms with E-state index in [1.54, 1.807) is 21.3 Å². The molecule has 1 amide bonds. The van der Waals surface area contributed by atoms with E-state index >= 15 is 0 Å². The summed E-state index contributed by atoms with van der Waals surface area (Å²) < 4.78 is 10.7. The van der Waals surface area contributed by atoms with Gasteiger partial charge in [0.2, 0.25) is 5.91 Å². The molecule has 0 aromatic heterocycles. The number of hydrogen-bond donors (Lipinski definition) is 2. The average molecular weight is 441 g/mol. The van der Waals surface area contributed by atoms with Crippen molar-refractivity contribution in [1.82, 2.24) is 10.2 Å². The first-order valence-corrected chi connectivity index (χ1v) is 10.9. The Bertz CT molecular complexity index is 914. The van der Waals surface area contributed by atoms with Crippen molar-refractivity contribution in [1.29, 1.82) is 0 Å². The highest BCUT2D eigenvalue weighted by molar-refractivity contribution is 5.92. The van der Waals surface area contributed by atoms with Gasteiger partial charge < -0.3 is 25.0 Å². The molecule has 7 nitrogen and oxygen atoms in total. The number of nitrogens with one attached hydrogen (secondary N) is 2. The van der Waals surface area contributed by atoms with Gasteiger partial charge in [-0.1, -0.05) is 32.0 Å². The first-order valence-electron chi connectivity index (χ1n) is 10.9. The molecule has 0 fully saturated rings. The Balaban J connectivity index is 1.92. The van der Waals surface area contributed by atoms with Crippen LogP contribution < -0.4 is 20.1 Å². The second kappa shape index (κ2) is 12.6. The van der Waals surface area contributed by atoms with Gasteiger partial charge in [-0.05, 0) is 48.2 Å². The zero-order valence-corrected chi connectivity index (χ0v) is 20.1. The minimum Gasteiger partial charge on any atom is -0.493 e. The van der Waals surface area contributed by atoms with E-state index in [1.807, 2.05) is 63.4 Å². The van der Waals surface area contributed by atoms with Gasteiger partial charge in [0.1, 0.15) is 0 Å². The summed E-state index contributed by atoms with van der Waals surface area (Å²) >= 11 is 0. The van der Waals surface area contributed by atoms with Crippen LogP contribution in [0.4, 0.5) is 5.69 Å². The largest absolute Gasteiger partial charge is 0.493 e. The van der Waals surface area contributed by atoms with Gasteiger partial charge in [0, 0.05) is 38.8 Å². The van der Waals surface area contributed by atoms with Crippen molar-refractivity contribution >= 4 is 17.6 Å². The van der Waals surface area contributed by atoms with E-state index in [0.717, 1.165) is 53.7 Å². The van der Waals surface area contributed by atoms with E-state index in [0.29, 0.717) is 6.54 Å². The molecular weight excluding hydrogens is 404 g/mol. The van der Waals surface area contributed by atoms with Gasteiger partial charge in [-0.15, -0.1) is 0 Å². The lowest BCUT2D eigenvalue weighted by Crippen LogP contribution is -2.39.